The van der Waals surface area contributed by atoms with Gasteiger partial charge >= 0.3 is 5.95 Å². The summed E-state index contributed by atoms with van der Waals surface area (Å²) in [6.07, 6.45) is 33.7. The zero-order valence-corrected chi connectivity index (χ0v) is 19.8. The third kappa shape index (κ3) is 19.1. The van der Waals surface area contributed by atoms with E-state index >= 15 is 0 Å². The SMILES string of the molecule is CCCCCCCCCCCCCCCCCCCCCCCCCC1=C(O)O1. The molecular weight excluding hydrogens is 356 g/mol. The van der Waals surface area contributed by atoms with Gasteiger partial charge in [0, 0.05) is 6.42 Å². The maximum absolute atomic E-state index is 8.96. The summed E-state index contributed by atoms with van der Waals surface area (Å²) < 4.78 is 4.86. The molecule has 1 rings (SSSR count). The predicted octanol–water partition coefficient (Wildman–Crippen LogP) is 10.1. The summed E-state index contributed by atoms with van der Waals surface area (Å²) in [7, 11) is 0. The molecule has 0 aromatic carbocycles. The van der Waals surface area contributed by atoms with Gasteiger partial charge in [-0.2, -0.15) is 0 Å². The molecule has 2 nitrogen and oxygen atoms in total. The third-order valence-corrected chi connectivity index (χ3v) is 6.42. The highest BCUT2D eigenvalue weighted by atomic mass is 16.7. The number of aliphatic hydroxyl groups excluding tert-OH is 1. The van der Waals surface area contributed by atoms with Crippen LogP contribution in [0.2, 0.25) is 0 Å². The number of aliphatic hydroxyl groups is 1. The highest BCUT2D eigenvalue weighted by molar-refractivity contribution is 5.08. The molecule has 1 aliphatic rings. The van der Waals surface area contributed by atoms with E-state index in [2.05, 4.69) is 6.92 Å². The Morgan fingerprint density at radius 2 is 0.690 bits per heavy atom. The molecule has 0 saturated heterocycles. The molecule has 1 aliphatic heterocycles. The van der Waals surface area contributed by atoms with Crippen LogP contribution in [0.3, 0.4) is 0 Å². The van der Waals surface area contributed by atoms with Gasteiger partial charge in [-0.25, -0.2) is 0 Å². The van der Waals surface area contributed by atoms with Crippen LogP contribution in [0, 0.1) is 0 Å². The fraction of sp³-hybridized carbons (Fsp3) is 0.926. The topological polar surface area (TPSA) is 32.8 Å². The van der Waals surface area contributed by atoms with Gasteiger partial charge in [0.25, 0.3) is 0 Å². The fourth-order valence-electron chi connectivity index (χ4n) is 4.32. The Kier molecular flexibility index (Phi) is 18.7. The van der Waals surface area contributed by atoms with E-state index in [0.29, 0.717) is 0 Å². The van der Waals surface area contributed by atoms with Gasteiger partial charge in [0.2, 0.25) is 0 Å². The van der Waals surface area contributed by atoms with Gasteiger partial charge in [-0.3, -0.25) is 0 Å². The molecule has 0 spiro atoms. The van der Waals surface area contributed by atoms with Crippen molar-refractivity contribution < 1.29 is 9.84 Å². The molecule has 0 unspecified atom stereocenters. The molecule has 0 aromatic rings. The molecule has 0 fully saturated rings. The highest BCUT2D eigenvalue weighted by Gasteiger charge is 2.22. The summed E-state index contributed by atoms with van der Waals surface area (Å²) in [6, 6.07) is 0. The average molecular weight is 409 g/mol. The second kappa shape index (κ2) is 20.6. The Morgan fingerprint density at radius 3 is 0.931 bits per heavy atom. The minimum absolute atomic E-state index is 0.184. The summed E-state index contributed by atoms with van der Waals surface area (Å²) in [6.45, 7) is 2.30. The van der Waals surface area contributed by atoms with E-state index < -0.39 is 0 Å². The Morgan fingerprint density at radius 1 is 0.448 bits per heavy atom. The van der Waals surface area contributed by atoms with Crippen LogP contribution in [0.25, 0.3) is 0 Å². The molecule has 0 saturated carbocycles. The summed E-state index contributed by atoms with van der Waals surface area (Å²) in [5.74, 6) is 1.01. The lowest BCUT2D eigenvalue weighted by Crippen LogP contribution is -1.84. The van der Waals surface area contributed by atoms with Gasteiger partial charge in [-0.15, -0.1) is 0 Å². The standard InChI is InChI=1S/C27H52O2/c1-2-3-4-5-6-7-8-9-10-11-12-13-14-15-16-17-18-19-20-21-22-23-24-25-26-27(28)29-26/h28H,2-25H2,1H3. The van der Waals surface area contributed by atoms with E-state index in [0.717, 1.165) is 12.2 Å². The number of unbranched alkanes of at least 4 members (excludes halogenated alkanes) is 22. The molecule has 0 aromatic heterocycles. The van der Waals surface area contributed by atoms with Crippen LogP contribution >= 0.6 is 0 Å². The third-order valence-electron chi connectivity index (χ3n) is 6.42. The maximum Gasteiger partial charge on any atom is 0.322 e. The summed E-state index contributed by atoms with van der Waals surface area (Å²) in [5.41, 5.74) is 0. The first-order valence-electron chi connectivity index (χ1n) is 13.4. The van der Waals surface area contributed by atoms with Gasteiger partial charge in [0.1, 0.15) is 0 Å². The molecule has 0 bridgehead atoms. The van der Waals surface area contributed by atoms with Crippen molar-refractivity contribution in [1.29, 1.82) is 0 Å². The van der Waals surface area contributed by atoms with E-state index in [4.69, 9.17) is 9.84 Å². The molecule has 172 valence electrons. The van der Waals surface area contributed by atoms with Crippen LogP contribution in [-0.2, 0) is 4.74 Å². The largest absolute Gasteiger partial charge is 0.478 e. The van der Waals surface area contributed by atoms with Crippen molar-refractivity contribution in [2.45, 2.75) is 161 Å². The van der Waals surface area contributed by atoms with Gasteiger partial charge in [0.05, 0.1) is 0 Å². The van der Waals surface area contributed by atoms with Crippen molar-refractivity contribution in [3.05, 3.63) is 11.7 Å². The number of hydrogen-bond donors (Lipinski definition) is 1. The lowest BCUT2D eigenvalue weighted by Gasteiger charge is -2.04. The first-order chi connectivity index (χ1) is 14.3. The predicted molar refractivity (Wildman–Crippen MR) is 127 cm³/mol. The average Bonchev–Trinajstić information content (AvgIpc) is 3.43. The molecule has 0 aliphatic carbocycles. The van der Waals surface area contributed by atoms with E-state index in [1.807, 2.05) is 0 Å². The number of hydrogen-bond acceptors (Lipinski definition) is 2. The summed E-state index contributed by atoms with van der Waals surface area (Å²) >= 11 is 0. The second-order valence-electron chi connectivity index (χ2n) is 9.36. The van der Waals surface area contributed by atoms with E-state index in [9.17, 15) is 0 Å². The van der Waals surface area contributed by atoms with Crippen LogP contribution in [0.5, 0.6) is 0 Å². The van der Waals surface area contributed by atoms with Crippen LogP contribution in [0.15, 0.2) is 11.7 Å². The molecule has 0 radical (unpaired) electrons. The molecule has 0 amide bonds. The second-order valence-corrected chi connectivity index (χ2v) is 9.36. The quantitative estimate of drug-likeness (QED) is 0.161. The van der Waals surface area contributed by atoms with Crippen molar-refractivity contribution in [3.8, 4) is 0 Å². The Hall–Kier alpha value is -0.660. The fourth-order valence-corrected chi connectivity index (χ4v) is 4.32. The van der Waals surface area contributed by atoms with E-state index in [1.54, 1.807) is 0 Å². The lowest BCUT2D eigenvalue weighted by atomic mass is 10.0. The molecule has 1 N–H and O–H groups in total. The first-order valence-corrected chi connectivity index (χ1v) is 13.4. The van der Waals surface area contributed by atoms with Crippen molar-refractivity contribution in [1.82, 2.24) is 0 Å². The zero-order valence-electron chi connectivity index (χ0n) is 19.8. The van der Waals surface area contributed by atoms with Crippen LogP contribution in [0.4, 0.5) is 0 Å². The molecule has 1 heterocycles. The van der Waals surface area contributed by atoms with E-state index in [1.165, 1.54) is 148 Å². The Balaban J connectivity index is 1.60. The highest BCUT2D eigenvalue weighted by Crippen LogP contribution is 2.28. The van der Waals surface area contributed by atoms with Crippen LogP contribution in [-0.4, -0.2) is 5.11 Å². The normalized spacial score (nSPS) is 13.1. The number of allylic oxidation sites excluding steroid dienone is 1. The minimum atomic E-state index is 0.184. The van der Waals surface area contributed by atoms with Gasteiger partial charge in [0.15, 0.2) is 5.76 Å². The van der Waals surface area contributed by atoms with E-state index in [-0.39, 0.29) is 5.95 Å². The van der Waals surface area contributed by atoms with Gasteiger partial charge in [-0.05, 0) is 6.42 Å². The lowest BCUT2D eigenvalue weighted by molar-refractivity contribution is 0.273. The summed E-state index contributed by atoms with van der Waals surface area (Å²) in [4.78, 5) is 0. The number of ether oxygens (including phenoxy) is 1. The molecular formula is C27H52O2. The molecule has 29 heavy (non-hydrogen) atoms. The van der Waals surface area contributed by atoms with Crippen molar-refractivity contribution in [3.63, 3.8) is 0 Å². The van der Waals surface area contributed by atoms with Crippen LogP contribution in [0.1, 0.15) is 161 Å². The Bertz CT molecular complexity index is 375. The molecule has 2 heteroatoms. The Labute approximate surface area is 182 Å². The monoisotopic (exact) mass is 408 g/mol. The number of rotatable bonds is 24. The van der Waals surface area contributed by atoms with Crippen molar-refractivity contribution in [2.75, 3.05) is 0 Å². The van der Waals surface area contributed by atoms with Crippen molar-refractivity contribution in [2.24, 2.45) is 0 Å². The van der Waals surface area contributed by atoms with Crippen molar-refractivity contribution >= 4 is 0 Å². The van der Waals surface area contributed by atoms with Gasteiger partial charge < -0.3 is 9.84 Å². The minimum Gasteiger partial charge on any atom is -0.478 e. The smallest absolute Gasteiger partial charge is 0.322 e. The zero-order chi connectivity index (χ0) is 20.8. The maximum atomic E-state index is 8.96. The van der Waals surface area contributed by atoms with Gasteiger partial charge in [-0.1, -0.05) is 148 Å². The summed E-state index contributed by atoms with van der Waals surface area (Å²) in [5, 5.41) is 8.96. The first kappa shape index (κ1) is 26.4. The van der Waals surface area contributed by atoms with Crippen LogP contribution < -0.4 is 0 Å². The molecule has 0 atom stereocenters.